The highest BCUT2D eigenvalue weighted by Crippen LogP contribution is 2.44. The molecule has 1 aliphatic heterocycles. The third-order valence-electron chi connectivity index (χ3n) is 5.94. The minimum atomic E-state index is -0.901. The topological polar surface area (TPSA) is 89.0 Å². The maximum absolute atomic E-state index is 13.3. The second-order valence-electron chi connectivity index (χ2n) is 7.91. The smallest absolute Gasteiger partial charge is 0.300 e. The molecule has 1 amide bonds. The van der Waals surface area contributed by atoms with Crippen LogP contribution in [0.1, 0.15) is 28.3 Å². The van der Waals surface area contributed by atoms with E-state index in [4.69, 9.17) is 21.1 Å². The summed E-state index contributed by atoms with van der Waals surface area (Å²) < 4.78 is 10.7. The number of pyridine rings is 1. The van der Waals surface area contributed by atoms with Crippen molar-refractivity contribution in [3.8, 4) is 11.5 Å². The van der Waals surface area contributed by atoms with Gasteiger partial charge in [0.25, 0.3) is 11.7 Å². The Morgan fingerprint density at radius 1 is 1.03 bits per heavy atom. The Balaban J connectivity index is 1.99. The molecule has 1 atom stereocenters. The molecule has 34 heavy (non-hydrogen) atoms. The highest BCUT2D eigenvalue weighted by atomic mass is 35.5. The van der Waals surface area contributed by atoms with Crippen LogP contribution in [0, 0.1) is 13.8 Å². The van der Waals surface area contributed by atoms with E-state index in [-0.39, 0.29) is 27.7 Å². The van der Waals surface area contributed by atoms with Crippen LogP contribution in [-0.2, 0) is 9.59 Å². The lowest BCUT2D eigenvalue weighted by molar-refractivity contribution is -0.132. The minimum Gasteiger partial charge on any atom is -0.507 e. The first kappa shape index (κ1) is 23.3. The molecule has 2 aromatic carbocycles. The number of hydrogen-bond acceptors (Lipinski definition) is 6. The van der Waals surface area contributed by atoms with E-state index in [9.17, 15) is 14.7 Å². The zero-order valence-corrected chi connectivity index (χ0v) is 19.9. The standard InChI is InChI=1S/C26H23ClN2O5/c1-14-7-8-17(10-15(14)2)29-23(16-6-5-9-28-13-16)22(25(31)26(29)32)24(30)18-11-21(34-4)19(27)12-20(18)33-3/h5-13,23,30H,1-4H3/b24-22+. The van der Waals surface area contributed by atoms with Gasteiger partial charge in [-0.2, -0.15) is 0 Å². The van der Waals surface area contributed by atoms with Crippen LogP contribution in [0.4, 0.5) is 5.69 Å². The molecule has 1 unspecified atom stereocenters. The monoisotopic (exact) mass is 478 g/mol. The number of halogens is 1. The molecule has 0 bridgehead atoms. The first-order chi connectivity index (χ1) is 16.3. The second-order valence-corrected chi connectivity index (χ2v) is 8.32. The number of benzene rings is 2. The molecular weight excluding hydrogens is 456 g/mol. The Morgan fingerprint density at radius 2 is 1.76 bits per heavy atom. The number of aryl methyl sites for hydroxylation is 2. The van der Waals surface area contributed by atoms with Gasteiger partial charge in [0, 0.05) is 24.1 Å². The largest absolute Gasteiger partial charge is 0.507 e. The number of anilines is 1. The third kappa shape index (κ3) is 3.88. The van der Waals surface area contributed by atoms with Gasteiger partial charge in [-0.25, -0.2) is 0 Å². The van der Waals surface area contributed by atoms with E-state index in [1.165, 1.54) is 31.3 Å². The van der Waals surface area contributed by atoms with Crippen molar-refractivity contribution in [2.24, 2.45) is 0 Å². The number of carbonyl (C=O) groups is 2. The number of ketones is 1. The average molecular weight is 479 g/mol. The maximum Gasteiger partial charge on any atom is 0.300 e. The summed E-state index contributed by atoms with van der Waals surface area (Å²) in [5, 5.41) is 11.7. The normalized spacial score (nSPS) is 17.2. The fourth-order valence-electron chi connectivity index (χ4n) is 4.02. The van der Waals surface area contributed by atoms with Crippen molar-refractivity contribution < 1.29 is 24.2 Å². The summed E-state index contributed by atoms with van der Waals surface area (Å²) >= 11 is 6.21. The number of aromatic nitrogens is 1. The molecule has 1 aromatic heterocycles. The van der Waals surface area contributed by atoms with Crippen LogP contribution in [0.3, 0.4) is 0 Å². The summed E-state index contributed by atoms with van der Waals surface area (Å²) in [6, 6.07) is 11.0. The van der Waals surface area contributed by atoms with Crippen molar-refractivity contribution in [2.45, 2.75) is 19.9 Å². The molecule has 1 saturated heterocycles. The maximum atomic E-state index is 13.3. The highest BCUT2D eigenvalue weighted by Gasteiger charge is 2.47. The van der Waals surface area contributed by atoms with E-state index < -0.39 is 23.5 Å². The third-order valence-corrected chi connectivity index (χ3v) is 6.24. The number of aliphatic hydroxyl groups excluding tert-OH is 1. The average Bonchev–Trinajstić information content (AvgIpc) is 3.11. The number of methoxy groups -OCH3 is 2. The van der Waals surface area contributed by atoms with Gasteiger partial charge in [-0.3, -0.25) is 19.5 Å². The molecule has 8 heteroatoms. The fourth-order valence-corrected chi connectivity index (χ4v) is 4.25. The second kappa shape index (κ2) is 9.19. The summed E-state index contributed by atoms with van der Waals surface area (Å²) in [5.74, 6) is -1.46. The Hall–Kier alpha value is -3.84. The zero-order chi connectivity index (χ0) is 24.6. The van der Waals surface area contributed by atoms with Crippen molar-refractivity contribution in [1.82, 2.24) is 4.98 Å². The summed E-state index contributed by atoms with van der Waals surface area (Å²) in [6.45, 7) is 3.89. The predicted molar refractivity (Wildman–Crippen MR) is 129 cm³/mol. The highest BCUT2D eigenvalue weighted by molar-refractivity contribution is 6.51. The number of rotatable bonds is 5. The SMILES string of the molecule is COc1cc(/C(O)=C2\C(=O)C(=O)N(c3ccc(C)c(C)c3)C2c2cccnc2)c(OC)cc1Cl. The molecule has 1 fully saturated rings. The van der Waals surface area contributed by atoms with Crippen LogP contribution in [0.15, 0.2) is 60.4 Å². The minimum absolute atomic E-state index is 0.0843. The van der Waals surface area contributed by atoms with Gasteiger partial charge in [-0.1, -0.05) is 23.7 Å². The van der Waals surface area contributed by atoms with Gasteiger partial charge < -0.3 is 14.6 Å². The number of nitrogens with zero attached hydrogens (tertiary/aromatic N) is 2. The number of ether oxygens (including phenoxy) is 2. The van der Waals surface area contributed by atoms with E-state index in [2.05, 4.69) is 4.98 Å². The Labute approximate surface area is 202 Å². The number of Topliss-reactive ketones (excluding diaryl/α,β-unsaturated/α-hetero) is 1. The molecule has 0 saturated carbocycles. The van der Waals surface area contributed by atoms with Crippen LogP contribution < -0.4 is 14.4 Å². The van der Waals surface area contributed by atoms with Gasteiger partial charge in [0.1, 0.15) is 17.3 Å². The summed E-state index contributed by atoms with van der Waals surface area (Å²) in [5.41, 5.74) is 3.22. The summed E-state index contributed by atoms with van der Waals surface area (Å²) in [4.78, 5) is 32.2. The number of hydrogen-bond donors (Lipinski definition) is 1. The summed E-state index contributed by atoms with van der Waals surface area (Å²) in [6.07, 6.45) is 3.16. The number of aliphatic hydroxyl groups is 1. The van der Waals surface area contributed by atoms with E-state index >= 15 is 0 Å². The molecule has 4 rings (SSSR count). The van der Waals surface area contributed by atoms with Gasteiger partial charge in [-0.05, 0) is 54.8 Å². The van der Waals surface area contributed by atoms with E-state index in [0.29, 0.717) is 11.3 Å². The van der Waals surface area contributed by atoms with Gasteiger partial charge in [0.05, 0.1) is 36.4 Å². The van der Waals surface area contributed by atoms with Crippen LogP contribution >= 0.6 is 11.6 Å². The molecule has 7 nitrogen and oxygen atoms in total. The summed E-state index contributed by atoms with van der Waals surface area (Å²) in [7, 11) is 2.85. The van der Waals surface area contributed by atoms with Crippen LogP contribution in [0.2, 0.25) is 5.02 Å². The van der Waals surface area contributed by atoms with Gasteiger partial charge >= 0.3 is 0 Å². The predicted octanol–water partition coefficient (Wildman–Crippen LogP) is 5.00. The number of amides is 1. The van der Waals surface area contributed by atoms with Gasteiger partial charge in [0.15, 0.2) is 0 Å². The van der Waals surface area contributed by atoms with Crippen molar-refractivity contribution in [1.29, 1.82) is 0 Å². The Morgan fingerprint density at radius 3 is 2.38 bits per heavy atom. The Bertz CT molecular complexity index is 1320. The molecule has 1 aliphatic rings. The number of carbonyl (C=O) groups excluding carboxylic acids is 2. The van der Waals surface area contributed by atoms with Gasteiger partial charge in [0.2, 0.25) is 0 Å². The van der Waals surface area contributed by atoms with Crippen LogP contribution in [0.5, 0.6) is 11.5 Å². The van der Waals surface area contributed by atoms with Crippen molar-refractivity contribution in [3.63, 3.8) is 0 Å². The van der Waals surface area contributed by atoms with E-state index in [1.54, 1.807) is 30.6 Å². The molecule has 1 N–H and O–H groups in total. The lowest BCUT2D eigenvalue weighted by Crippen LogP contribution is -2.29. The van der Waals surface area contributed by atoms with E-state index in [1.807, 2.05) is 26.0 Å². The fraction of sp³-hybridized carbons (Fsp3) is 0.192. The Kier molecular flexibility index (Phi) is 6.30. The lowest BCUT2D eigenvalue weighted by atomic mass is 9.95. The van der Waals surface area contributed by atoms with Crippen LogP contribution in [-0.4, -0.2) is 36.0 Å². The molecule has 2 heterocycles. The van der Waals surface area contributed by atoms with Gasteiger partial charge in [-0.15, -0.1) is 0 Å². The molecule has 3 aromatic rings. The molecule has 174 valence electrons. The van der Waals surface area contributed by atoms with Crippen molar-refractivity contribution in [3.05, 3.63) is 87.7 Å². The quantitative estimate of drug-likeness (QED) is 0.315. The molecule has 0 aliphatic carbocycles. The molecule has 0 spiro atoms. The zero-order valence-electron chi connectivity index (χ0n) is 19.1. The van der Waals surface area contributed by atoms with Crippen molar-refractivity contribution >= 4 is 34.7 Å². The first-order valence-electron chi connectivity index (χ1n) is 10.5. The van der Waals surface area contributed by atoms with Crippen LogP contribution in [0.25, 0.3) is 5.76 Å². The lowest BCUT2D eigenvalue weighted by Gasteiger charge is -2.26. The van der Waals surface area contributed by atoms with Crippen molar-refractivity contribution in [2.75, 3.05) is 19.1 Å². The molecule has 0 radical (unpaired) electrons. The first-order valence-corrected chi connectivity index (χ1v) is 10.9. The molecular formula is C26H23ClN2O5. The van der Waals surface area contributed by atoms with E-state index in [0.717, 1.165) is 11.1 Å².